The van der Waals surface area contributed by atoms with Gasteiger partial charge in [-0.15, -0.1) is 0 Å². The minimum Gasteiger partial charge on any atom is -0.494 e. The first kappa shape index (κ1) is 17.6. The second-order valence-electron chi connectivity index (χ2n) is 5.84. The van der Waals surface area contributed by atoms with E-state index in [9.17, 15) is 4.79 Å². The van der Waals surface area contributed by atoms with Crippen molar-refractivity contribution in [2.75, 3.05) is 32.8 Å². The highest BCUT2D eigenvalue weighted by atomic mass is 16.5. The molecule has 1 fully saturated rings. The molecule has 1 atom stereocenters. The molecule has 1 aromatic rings. The molecule has 1 aromatic carbocycles. The Morgan fingerprint density at radius 1 is 1.17 bits per heavy atom. The van der Waals surface area contributed by atoms with Gasteiger partial charge >= 0.3 is 0 Å². The maximum Gasteiger partial charge on any atom is 0.260 e. The number of nitrogens with one attached hydrogen (secondary N) is 1. The van der Waals surface area contributed by atoms with Crippen LogP contribution in [-0.4, -0.2) is 49.7 Å². The molecule has 1 aliphatic rings. The quantitative estimate of drug-likeness (QED) is 0.759. The summed E-state index contributed by atoms with van der Waals surface area (Å²) in [5, 5.41) is 3.31. The van der Waals surface area contributed by atoms with E-state index in [2.05, 4.69) is 19.2 Å². The SMILES string of the molecule is CCCOc1ccc(OCC(=O)N(CCC)C2CCNC2)cc1. The van der Waals surface area contributed by atoms with Crippen LogP contribution in [0.25, 0.3) is 0 Å². The van der Waals surface area contributed by atoms with Gasteiger partial charge in [-0.05, 0) is 50.1 Å². The number of rotatable bonds is 9. The van der Waals surface area contributed by atoms with Gasteiger partial charge in [-0.3, -0.25) is 4.79 Å². The van der Waals surface area contributed by atoms with Gasteiger partial charge in [0.2, 0.25) is 0 Å². The largest absolute Gasteiger partial charge is 0.494 e. The number of hydrogen-bond acceptors (Lipinski definition) is 4. The van der Waals surface area contributed by atoms with E-state index in [-0.39, 0.29) is 12.5 Å². The number of benzene rings is 1. The van der Waals surface area contributed by atoms with Gasteiger partial charge in [0.25, 0.3) is 5.91 Å². The third-order valence-corrected chi connectivity index (χ3v) is 3.92. The van der Waals surface area contributed by atoms with E-state index >= 15 is 0 Å². The topological polar surface area (TPSA) is 50.8 Å². The molecule has 23 heavy (non-hydrogen) atoms. The molecule has 0 aliphatic carbocycles. The molecule has 1 aliphatic heterocycles. The van der Waals surface area contributed by atoms with Crippen LogP contribution in [0.3, 0.4) is 0 Å². The number of nitrogens with zero attached hydrogens (tertiary/aromatic N) is 1. The van der Waals surface area contributed by atoms with Crippen LogP contribution in [-0.2, 0) is 4.79 Å². The fraction of sp³-hybridized carbons (Fsp3) is 0.611. The lowest BCUT2D eigenvalue weighted by Gasteiger charge is -2.28. The Kier molecular flexibility index (Phi) is 7.20. The van der Waals surface area contributed by atoms with Gasteiger partial charge in [-0.1, -0.05) is 13.8 Å². The third kappa shape index (κ3) is 5.43. The van der Waals surface area contributed by atoms with E-state index in [4.69, 9.17) is 9.47 Å². The highest BCUT2D eigenvalue weighted by Crippen LogP contribution is 2.18. The predicted octanol–water partition coefficient (Wildman–Crippen LogP) is 2.45. The van der Waals surface area contributed by atoms with Crippen molar-refractivity contribution in [2.45, 2.75) is 39.2 Å². The van der Waals surface area contributed by atoms with Crippen LogP contribution in [0.5, 0.6) is 11.5 Å². The van der Waals surface area contributed by atoms with Crippen LogP contribution in [0.15, 0.2) is 24.3 Å². The van der Waals surface area contributed by atoms with Crippen molar-refractivity contribution >= 4 is 5.91 Å². The standard InChI is InChI=1S/C18H28N2O3/c1-3-11-20(15-9-10-19-13-15)18(21)14-23-17-7-5-16(6-8-17)22-12-4-2/h5-8,15,19H,3-4,9-14H2,1-2H3. The van der Waals surface area contributed by atoms with E-state index in [1.807, 2.05) is 29.2 Å². The molecule has 128 valence electrons. The van der Waals surface area contributed by atoms with Crippen LogP contribution in [0.1, 0.15) is 33.1 Å². The molecular formula is C18H28N2O3. The van der Waals surface area contributed by atoms with Crippen molar-refractivity contribution in [1.29, 1.82) is 0 Å². The van der Waals surface area contributed by atoms with Crippen molar-refractivity contribution in [1.82, 2.24) is 10.2 Å². The third-order valence-electron chi connectivity index (χ3n) is 3.92. The Hall–Kier alpha value is -1.75. The minimum atomic E-state index is 0.0619. The average molecular weight is 320 g/mol. The summed E-state index contributed by atoms with van der Waals surface area (Å²) in [5.74, 6) is 1.59. The summed E-state index contributed by atoms with van der Waals surface area (Å²) in [6.07, 6.45) is 2.97. The molecule has 0 radical (unpaired) electrons. The van der Waals surface area contributed by atoms with Crippen LogP contribution >= 0.6 is 0 Å². The van der Waals surface area contributed by atoms with Crippen LogP contribution in [0.4, 0.5) is 0 Å². The number of ether oxygens (including phenoxy) is 2. The monoisotopic (exact) mass is 320 g/mol. The Bertz CT molecular complexity index is 470. The Morgan fingerprint density at radius 3 is 2.43 bits per heavy atom. The van der Waals surface area contributed by atoms with Gasteiger partial charge in [0.15, 0.2) is 6.61 Å². The first-order valence-corrected chi connectivity index (χ1v) is 8.60. The van der Waals surface area contributed by atoms with Crippen LogP contribution in [0.2, 0.25) is 0 Å². The molecule has 5 heteroatoms. The van der Waals surface area contributed by atoms with Crippen molar-refractivity contribution < 1.29 is 14.3 Å². The molecule has 1 saturated heterocycles. The van der Waals surface area contributed by atoms with Gasteiger partial charge in [-0.2, -0.15) is 0 Å². The molecule has 1 N–H and O–H groups in total. The van der Waals surface area contributed by atoms with Crippen LogP contribution in [0, 0.1) is 0 Å². The number of carbonyl (C=O) groups excluding carboxylic acids is 1. The second kappa shape index (κ2) is 9.40. The summed E-state index contributed by atoms with van der Waals surface area (Å²) >= 11 is 0. The maximum absolute atomic E-state index is 12.5. The molecule has 5 nitrogen and oxygen atoms in total. The normalized spacial score (nSPS) is 17.0. The highest BCUT2D eigenvalue weighted by molar-refractivity contribution is 5.78. The first-order valence-electron chi connectivity index (χ1n) is 8.60. The summed E-state index contributed by atoms with van der Waals surface area (Å²) in [6.45, 7) is 7.63. The number of amides is 1. The summed E-state index contributed by atoms with van der Waals surface area (Å²) in [7, 11) is 0. The maximum atomic E-state index is 12.5. The van der Waals surface area contributed by atoms with Crippen LogP contribution < -0.4 is 14.8 Å². The zero-order valence-corrected chi connectivity index (χ0v) is 14.2. The zero-order chi connectivity index (χ0) is 16.5. The zero-order valence-electron chi connectivity index (χ0n) is 14.2. The molecule has 0 spiro atoms. The van der Waals surface area contributed by atoms with E-state index in [1.54, 1.807) is 0 Å². The summed E-state index contributed by atoms with van der Waals surface area (Å²) in [4.78, 5) is 14.4. The Morgan fingerprint density at radius 2 is 1.87 bits per heavy atom. The fourth-order valence-corrected chi connectivity index (χ4v) is 2.74. The van der Waals surface area contributed by atoms with Gasteiger partial charge in [0.05, 0.1) is 6.61 Å². The molecule has 2 rings (SSSR count). The average Bonchev–Trinajstić information content (AvgIpc) is 3.10. The van der Waals surface area contributed by atoms with Crippen molar-refractivity contribution in [3.05, 3.63) is 24.3 Å². The fourth-order valence-electron chi connectivity index (χ4n) is 2.74. The Balaban J connectivity index is 1.84. The smallest absolute Gasteiger partial charge is 0.260 e. The number of hydrogen-bond donors (Lipinski definition) is 1. The molecule has 1 amide bonds. The Labute approximate surface area is 139 Å². The lowest BCUT2D eigenvalue weighted by Crippen LogP contribution is -2.44. The second-order valence-corrected chi connectivity index (χ2v) is 5.84. The minimum absolute atomic E-state index is 0.0619. The van der Waals surface area contributed by atoms with E-state index in [1.165, 1.54) is 0 Å². The summed E-state index contributed by atoms with van der Waals surface area (Å²) < 4.78 is 11.2. The molecule has 0 saturated carbocycles. The molecule has 1 unspecified atom stereocenters. The molecule has 0 bridgehead atoms. The summed E-state index contributed by atoms with van der Waals surface area (Å²) in [6, 6.07) is 7.75. The molecular weight excluding hydrogens is 292 g/mol. The van der Waals surface area contributed by atoms with E-state index in [0.717, 1.165) is 44.6 Å². The van der Waals surface area contributed by atoms with Crippen molar-refractivity contribution in [3.8, 4) is 11.5 Å². The van der Waals surface area contributed by atoms with Gasteiger partial charge in [0, 0.05) is 19.1 Å². The lowest BCUT2D eigenvalue weighted by molar-refractivity contribution is -0.135. The van der Waals surface area contributed by atoms with Gasteiger partial charge in [-0.25, -0.2) is 0 Å². The molecule has 1 heterocycles. The van der Waals surface area contributed by atoms with E-state index in [0.29, 0.717) is 18.4 Å². The summed E-state index contributed by atoms with van der Waals surface area (Å²) in [5.41, 5.74) is 0. The first-order chi connectivity index (χ1) is 11.2. The van der Waals surface area contributed by atoms with Crippen molar-refractivity contribution in [3.63, 3.8) is 0 Å². The number of carbonyl (C=O) groups is 1. The van der Waals surface area contributed by atoms with Gasteiger partial charge < -0.3 is 19.7 Å². The van der Waals surface area contributed by atoms with Gasteiger partial charge in [0.1, 0.15) is 11.5 Å². The predicted molar refractivity (Wildman–Crippen MR) is 91.0 cm³/mol. The van der Waals surface area contributed by atoms with E-state index < -0.39 is 0 Å². The lowest BCUT2D eigenvalue weighted by atomic mass is 10.2. The van der Waals surface area contributed by atoms with Crippen molar-refractivity contribution in [2.24, 2.45) is 0 Å². The highest BCUT2D eigenvalue weighted by Gasteiger charge is 2.25. The molecule has 0 aromatic heterocycles.